The third-order valence-electron chi connectivity index (χ3n) is 6.22. The molecule has 1 fully saturated rings. The number of nitrogens with zero attached hydrogens (tertiary/aromatic N) is 2. The van der Waals surface area contributed by atoms with E-state index in [1.807, 2.05) is 10.6 Å². The Morgan fingerprint density at radius 3 is 2.68 bits per heavy atom. The summed E-state index contributed by atoms with van der Waals surface area (Å²) in [6.45, 7) is 7.61. The molecule has 3 heterocycles. The van der Waals surface area contributed by atoms with E-state index < -0.39 is 5.97 Å². The van der Waals surface area contributed by atoms with Gasteiger partial charge >= 0.3 is 5.97 Å². The maximum absolute atomic E-state index is 12.6. The van der Waals surface area contributed by atoms with Gasteiger partial charge in [-0.2, -0.15) is 0 Å². The molecule has 166 valence electrons. The summed E-state index contributed by atoms with van der Waals surface area (Å²) in [5.41, 5.74) is 2.19. The molecule has 0 amide bonds. The van der Waals surface area contributed by atoms with Gasteiger partial charge in [0.05, 0.1) is 12.3 Å². The van der Waals surface area contributed by atoms with Crippen LogP contribution in [0.15, 0.2) is 29.2 Å². The highest BCUT2D eigenvalue weighted by Crippen LogP contribution is 2.41. The fraction of sp³-hybridized carbons (Fsp3) is 0.500. The van der Waals surface area contributed by atoms with Crippen LogP contribution in [-0.2, 0) is 11.2 Å². The van der Waals surface area contributed by atoms with Crippen molar-refractivity contribution in [1.82, 2.24) is 9.47 Å². The third kappa shape index (κ3) is 4.32. The highest BCUT2D eigenvalue weighted by atomic mass is 16.5. The van der Waals surface area contributed by atoms with Crippen molar-refractivity contribution < 1.29 is 19.4 Å². The number of fused-ring (bicyclic) bond motifs is 3. The zero-order valence-electron chi connectivity index (χ0n) is 18.2. The van der Waals surface area contributed by atoms with E-state index in [9.17, 15) is 14.7 Å². The predicted octanol–water partition coefficient (Wildman–Crippen LogP) is 3.38. The number of likely N-dealkylation sites (tertiary alicyclic amines) is 1. The average molecular weight is 427 g/mol. The van der Waals surface area contributed by atoms with Crippen LogP contribution in [0.2, 0.25) is 0 Å². The number of esters is 1. The molecule has 1 aromatic heterocycles. The van der Waals surface area contributed by atoms with Crippen LogP contribution in [0.5, 0.6) is 11.5 Å². The predicted molar refractivity (Wildman–Crippen MR) is 118 cm³/mol. The van der Waals surface area contributed by atoms with E-state index in [0.29, 0.717) is 18.1 Å². The number of phenolic OH excluding ortho intramolecular Hbond substituents is 1. The number of phenols is 1. The molecule has 0 spiro atoms. The van der Waals surface area contributed by atoms with Gasteiger partial charge in [0.1, 0.15) is 12.2 Å². The van der Waals surface area contributed by atoms with E-state index in [-0.39, 0.29) is 29.4 Å². The van der Waals surface area contributed by atoms with Gasteiger partial charge in [0.25, 0.3) is 0 Å². The van der Waals surface area contributed by atoms with Crippen molar-refractivity contribution in [3.8, 4) is 22.8 Å². The largest absolute Gasteiger partial charge is 0.504 e. The van der Waals surface area contributed by atoms with Crippen LogP contribution >= 0.6 is 0 Å². The SMILES string of the molecule is CCOC(=O)c1cn2c(cc1=O)-c1cc(O)c(OCCN3CCCC3)cc1CC2CC. The first-order chi connectivity index (χ1) is 15.0. The molecule has 1 atom stereocenters. The van der Waals surface area contributed by atoms with Gasteiger partial charge < -0.3 is 19.1 Å². The van der Waals surface area contributed by atoms with Crippen LogP contribution in [0, 0.1) is 0 Å². The van der Waals surface area contributed by atoms with Crippen LogP contribution < -0.4 is 10.2 Å². The van der Waals surface area contributed by atoms with Crippen molar-refractivity contribution in [3.05, 3.63) is 45.7 Å². The highest BCUT2D eigenvalue weighted by Gasteiger charge is 2.27. The lowest BCUT2D eigenvalue weighted by atomic mass is 9.90. The Morgan fingerprint density at radius 2 is 1.97 bits per heavy atom. The van der Waals surface area contributed by atoms with Gasteiger partial charge in [-0.15, -0.1) is 0 Å². The maximum Gasteiger partial charge on any atom is 0.343 e. The molecule has 0 radical (unpaired) electrons. The minimum Gasteiger partial charge on any atom is -0.504 e. The van der Waals surface area contributed by atoms with Gasteiger partial charge in [0.2, 0.25) is 0 Å². The van der Waals surface area contributed by atoms with Crippen molar-refractivity contribution >= 4 is 5.97 Å². The first kappa shape index (κ1) is 21.4. The zero-order chi connectivity index (χ0) is 22.0. The molecule has 0 saturated carbocycles. The summed E-state index contributed by atoms with van der Waals surface area (Å²) < 4.78 is 12.9. The number of ether oxygens (including phenoxy) is 2. The Hall–Kier alpha value is -2.80. The van der Waals surface area contributed by atoms with Crippen LogP contribution in [-0.4, -0.2) is 53.4 Å². The standard InChI is InChI=1S/C24H30N2O5/c1-3-17-11-16-12-23(31-10-9-25-7-5-6-8-25)22(28)13-18(16)20-14-21(27)19(15-26(17)20)24(29)30-4-2/h12-15,17,28H,3-11H2,1-2H3. The smallest absolute Gasteiger partial charge is 0.343 e. The number of rotatable bonds is 7. The van der Waals surface area contributed by atoms with Crippen molar-refractivity contribution in [3.63, 3.8) is 0 Å². The average Bonchev–Trinajstić information content (AvgIpc) is 3.27. The molecule has 1 N–H and O–H groups in total. The third-order valence-corrected chi connectivity index (χ3v) is 6.22. The number of aromatic hydroxyl groups is 1. The first-order valence-electron chi connectivity index (χ1n) is 11.2. The molecule has 2 aliphatic rings. The quantitative estimate of drug-likeness (QED) is 0.684. The Bertz CT molecular complexity index is 1020. The fourth-order valence-electron chi connectivity index (χ4n) is 4.55. The number of aromatic nitrogens is 1. The number of benzene rings is 1. The Kier molecular flexibility index (Phi) is 6.32. The molecular weight excluding hydrogens is 396 g/mol. The maximum atomic E-state index is 12.6. The molecule has 4 rings (SSSR count). The van der Waals surface area contributed by atoms with E-state index in [1.54, 1.807) is 19.2 Å². The molecule has 1 aromatic carbocycles. The van der Waals surface area contributed by atoms with Gasteiger partial charge in [0, 0.05) is 30.4 Å². The second-order valence-electron chi connectivity index (χ2n) is 8.20. The normalized spacial score (nSPS) is 17.8. The number of carbonyl (C=O) groups is 1. The lowest BCUT2D eigenvalue weighted by Gasteiger charge is -2.30. The first-order valence-corrected chi connectivity index (χ1v) is 11.2. The summed E-state index contributed by atoms with van der Waals surface area (Å²) in [5, 5.41) is 10.6. The van der Waals surface area contributed by atoms with E-state index >= 15 is 0 Å². The van der Waals surface area contributed by atoms with E-state index in [1.165, 1.54) is 18.9 Å². The second kappa shape index (κ2) is 9.14. The fourth-order valence-corrected chi connectivity index (χ4v) is 4.55. The van der Waals surface area contributed by atoms with Crippen molar-refractivity contribution in [2.75, 3.05) is 32.8 Å². The van der Waals surface area contributed by atoms with Crippen LogP contribution in [0.1, 0.15) is 55.1 Å². The summed E-state index contributed by atoms with van der Waals surface area (Å²) >= 11 is 0. The molecule has 2 aliphatic heterocycles. The van der Waals surface area contributed by atoms with Gasteiger partial charge in [-0.05, 0) is 63.4 Å². The summed E-state index contributed by atoms with van der Waals surface area (Å²) in [5.74, 6) is -0.0663. The summed E-state index contributed by atoms with van der Waals surface area (Å²) in [4.78, 5) is 27.2. The molecule has 7 nitrogen and oxygen atoms in total. The number of hydrogen-bond donors (Lipinski definition) is 1. The van der Waals surface area contributed by atoms with Crippen molar-refractivity contribution in [2.24, 2.45) is 0 Å². The van der Waals surface area contributed by atoms with E-state index in [0.717, 1.165) is 43.6 Å². The van der Waals surface area contributed by atoms with E-state index in [4.69, 9.17) is 9.47 Å². The molecule has 1 saturated heterocycles. The molecule has 0 aliphatic carbocycles. The number of carbonyl (C=O) groups excluding carboxylic acids is 1. The molecule has 2 aromatic rings. The Labute approximate surface area is 182 Å². The zero-order valence-corrected chi connectivity index (χ0v) is 18.2. The van der Waals surface area contributed by atoms with Crippen LogP contribution in [0.4, 0.5) is 0 Å². The summed E-state index contributed by atoms with van der Waals surface area (Å²) in [6, 6.07) is 5.13. The lowest BCUT2D eigenvalue weighted by Crippen LogP contribution is -2.26. The van der Waals surface area contributed by atoms with Crippen molar-refractivity contribution in [2.45, 2.75) is 45.6 Å². The van der Waals surface area contributed by atoms with Gasteiger partial charge in [-0.1, -0.05) is 6.92 Å². The molecular formula is C24H30N2O5. The van der Waals surface area contributed by atoms with Gasteiger partial charge in [0.15, 0.2) is 16.9 Å². The van der Waals surface area contributed by atoms with Gasteiger partial charge in [-0.3, -0.25) is 9.69 Å². The lowest BCUT2D eigenvalue weighted by molar-refractivity contribution is 0.0523. The van der Waals surface area contributed by atoms with Crippen molar-refractivity contribution in [1.29, 1.82) is 0 Å². The molecule has 1 unspecified atom stereocenters. The monoisotopic (exact) mass is 426 g/mol. The molecule has 0 bridgehead atoms. The van der Waals surface area contributed by atoms with Crippen LogP contribution in [0.25, 0.3) is 11.3 Å². The van der Waals surface area contributed by atoms with Crippen LogP contribution in [0.3, 0.4) is 0 Å². The molecule has 31 heavy (non-hydrogen) atoms. The number of pyridine rings is 1. The van der Waals surface area contributed by atoms with Gasteiger partial charge in [-0.25, -0.2) is 4.79 Å². The Morgan fingerprint density at radius 1 is 1.19 bits per heavy atom. The highest BCUT2D eigenvalue weighted by molar-refractivity contribution is 5.89. The molecule has 7 heteroatoms. The van der Waals surface area contributed by atoms with E-state index in [2.05, 4.69) is 11.8 Å². The topological polar surface area (TPSA) is 81.0 Å². The number of hydrogen-bond acceptors (Lipinski definition) is 6. The minimum absolute atomic E-state index is 0.0404. The summed E-state index contributed by atoms with van der Waals surface area (Å²) in [7, 11) is 0. The summed E-state index contributed by atoms with van der Waals surface area (Å²) in [6.07, 6.45) is 5.64. The Balaban J connectivity index is 1.64. The minimum atomic E-state index is -0.604. The second-order valence-corrected chi connectivity index (χ2v) is 8.20.